The minimum Gasteiger partial charge on any atom is -0.494 e. The van der Waals surface area contributed by atoms with Gasteiger partial charge in [-0.05, 0) is 30.5 Å². The summed E-state index contributed by atoms with van der Waals surface area (Å²) in [4.78, 5) is 44.5. The van der Waals surface area contributed by atoms with Crippen LogP contribution in [0.15, 0.2) is 24.3 Å². The third kappa shape index (κ3) is 18.8. The standard InChI is InChI=1S/C29H49N2O10P/c1-3-5-6-7-8-9-10-11-12-18-39-25-15-13-14-23(19-25)16-17-28(34)30-20-24(32)21-40-42(37,38)41-22-26(29(35)36)31-27(33)4-2/h13-15,19,24,26,32H,3-12,16-18,20-22H2,1-2H3,(H,30,34)(H,31,33)(H,35,36)(H,37,38)/t24-,26+/m1/s1. The summed E-state index contributed by atoms with van der Waals surface area (Å²) in [7, 11) is -4.72. The van der Waals surface area contributed by atoms with Crippen molar-refractivity contribution in [1.29, 1.82) is 0 Å². The highest BCUT2D eigenvalue weighted by molar-refractivity contribution is 7.47. The Labute approximate surface area is 249 Å². The maximum Gasteiger partial charge on any atom is 0.472 e. The molecule has 240 valence electrons. The van der Waals surface area contributed by atoms with Crippen molar-refractivity contribution in [1.82, 2.24) is 10.6 Å². The zero-order valence-electron chi connectivity index (χ0n) is 24.9. The lowest BCUT2D eigenvalue weighted by Gasteiger charge is -2.18. The molecule has 1 aromatic rings. The van der Waals surface area contributed by atoms with Gasteiger partial charge in [0.25, 0.3) is 0 Å². The molecular weight excluding hydrogens is 567 g/mol. The van der Waals surface area contributed by atoms with Crippen LogP contribution in [0.3, 0.4) is 0 Å². The Morgan fingerprint density at radius 1 is 0.929 bits per heavy atom. The van der Waals surface area contributed by atoms with Gasteiger partial charge in [-0.1, -0.05) is 77.3 Å². The van der Waals surface area contributed by atoms with Crippen molar-refractivity contribution in [2.24, 2.45) is 0 Å². The molecule has 0 spiro atoms. The Bertz CT molecular complexity index is 977. The van der Waals surface area contributed by atoms with Gasteiger partial charge in [-0.3, -0.25) is 18.6 Å². The molecule has 2 amide bonds. The van der Waals surface area contributed by atoms with E-state index in [1.165, 1.54) is 51.9 Å². The van der Waals surface area contributed by atoms with Crippen LogP contribution in [0.2, 0.25) is 0 Å². The largest absolute Gasteiger partial charge is 0.494 e. The molecule has 3 atom stereocenters. The zero-order valence-corrected chi connectivity index (χ0v) is 25.8. The molecule has 0 aliphatic rings. The van der Waals surface area contributed by atoms with Crippen LogP contribution in [-0.2, 0) is 34.4 Å². The van der Waals surface area contributed by atoms with Crippen molar-refractivity contribution >= 4 is 25.6 Å². The number of ether oxygens (including phenoxy) is 1. The molecule has 1 unspecified atom stereocenters. The monoisotopic (exact) mass is 616 g/mol. The van der Waals surface area contributed by atoms with Crippen molar-refractivity contribution in [2.45, 2.75) is 103 Å². The smallest absolute Gasteiger partial charge is 0.472 e. The van der Waals surface area contributed by atoms with Gasteiger partial charge in [0.2, 0.25) is 11.8 Å². The number of aliphatic hydroxyl groups is 1. The number of hydrogen-bond acceptors (Lipinski definition) is 8. The lowest BCUT2D eigenvalue weighted by molar-refractivity contribution is -0.142. The van der Waals surface area contributed by atoms with E-state index >= 15 is 0 Å². The first-order valence-electron chi connectivity index (χ1n) is 14.9. The molecule has 0 heterocycles. The highest BCUT2D eigenvalue weighted by Crippen LogP contribution is 2.43. The molecule has 1 rings (SSSR count). The normalized spacial score (nSPS) is 14.0. The second-order valence-corrected chi connectivity index (χ2v) is 11.6. The molecule has 0 bridgehead atoms. The average molecular weight is 617 g/mol. The van der Waals surface area contributed by atoms with Crippen LogP contribution in [0.25, 0.3) is 0 Å². The number of carboxylic acids is 1. The van der Waals surface area contributed by atoms with Gasteiger partial charge in [0.05, 0.1) is 25.9 Å². The minimum absolute atomic E-state index is 0.0230. The molecule has 0 fully saturated rings. The van der Waals surface area contributed by atoms with Crippen LogP contribution in [0.5, 0.6) is 5.75 Å². The van der Waals surface area contributed by atoms with Crippen molar-refractivity contribution in [3.63, 3.8) is 0 Å². The zero-order chi connectivity index (χ0) is 31.2. The number of unbranched alkanes of at least 4 members (excludes halogenated alkanes) is 8. The number of rotatable bonds is 25. The number of hydrogen-bond donors (Lipinski definition) is 5. The number of carbonyl (C=O) groups excluding carboxylic acids is 2. The van der Waals surface area contributed by atoms with E-state index in [9.17, 15) is 28.9 Å². The molecular formula is C29H49N2O10P. The number of phosphoric acid groups is 1. The Morgan fingerprint density at radius 3 is 2.21 bits per heavy atom. The lowest BCUT2D eigenvalue weighted by atomic mass is 10.1. The van der Waals surface area contributed by atoms with Crippen molar-refractivity contribution in [2.75, 3.05) is 26.4 Å². The SMILES string of the molecule is CCCCCCCCCCCOc1cccc(CCC(=O)NC[C@@H](O)COP(=O)(O)OC[C@H](NC(=O)CC)C(=O)O)c1. The molecule has 0 aliphatic heterocycles. The van der Waals surface area contributed by atoms with Gasteiger partial charge < -0.3 is 30.5 Å². The van der Waals surface area contributed by atoms with E-state index in [1.54, 1.807) is 0 Å². The van der Waals surface area contributed by atoms with Gasteiger partial charge in [-0.25, -0.2) is 9.36 Å². The van der Waals surface area contributed by atoms with E-state index < -0.39 is 45.1 Å². The van der Waals surface area contributed by atoms with Crippen LogP contribution in [0.4, 0.5) is 0 Å². The van der Waals surface area contributed by atoms with E-state index in [0.717, 1.165) is 24.2 Å². The molecule has 0 aromatic heterocycles. The van der Waals surface area contributed by atoms with Gasteiger partial charge in [0.15, 0.2) is 6.04 Å². The van der Waals surface area contributed by atoms with Gasteiger partial charge >= 0.3 is 13.8 Å². The molecule has 1 aromatic carbocycles. The predicted octanol–water partition coefficient (Wildman–Crippen LogP) is 4.12. The molecule has 42 heavy (non-hydrogen) atoms. The van der Waals surface area contributed by atoms with Gasteiger partial charge in [-0.2, -0.15) is 0 Å². The quantitative estimate of drug-likeness (QED) is 0.0792. The third-order valence-electron chi connectivity index (χ3n) is 6.38. The number of phosphoric ester groups is 1. The number of aliphatic hydroxyl groups excluding tert-OH is 1. The minimum atomic E-state index is -4.72. The maximum atomic E-state index is 12.2. The Balaban J connectivity index is 2.25. The number of carboxylic acid groups (broad SMARTS) is 1. The summed E-state index contributed by atoms with van der Waals surface area (Å²) in [6.07, 6.45) is 10.6. The molecule has 12 nitrogen and oxygen atoms in total. The second-order valence-electron chi connectivity index (χ2n) is 10.2. The summed E-state index contributed by atoms with van der Waals surface area (Å²) in [6.45, 7) is 2.70. The highest BCUT2D eigenvalue weighted by atomic mass is 31.2. The van der Waals surface area contributed by atoms with E-state index in [4.69, 9.17) is 9.84 Å². The van der Waals surface area contributed by atoms with Crippen LogP contribution in [0, 0.1) is 0 Å². The summed E-state index contributed by atoms with van der Waals surface area (Å²) in [5.74, 6) is -1.59. The first kappa shape index (κ1) is 37.5. The van der Waals surface area contributed by atoms with E-state index in [-0.39, 0.29) is 25.3 Å². The summed E-state index contributed by atoms with van der Waals surface area (Å²) < 4.78 is 27.1. The summed E-state index contributed by atoms with van der Waals surface area (Å²) in [6, 6.07) is 6.04. The molecule has 0 saturated heterocycles. The number of amides is 2. The van der Waals surface area contributed by atoms with Crippen molar-refractivity contribution in [3.8, 4) is 5.75 Å². The van der Waals surface area contributed by atoms with E-state index in [2.05, 4.69) is 26.6 Å². The molecule has 13 heteroatoms. The molecule has 5 N–H and O–H groups in total. The first-order chi connectivity index (χ1) is 20.1. The van der Waals surface area contributed by atoms with Crippen molar-refractivity contribution < 1.29 is 47.8 Å². The number of benzene rings is 1. The number of aryl methyl sites for hydroxylation is 1. The van der Waals surface area contributed by atoms with Crippen LogP contribution >= 0.6 is 7.82 Å². The Morgan fingerprint density at radius 2 is 1.57 bits per heavy atom. The number of nitrogens with one attached hydrogen (secondary N) is 2. The second kappa shape index (κ2) is 22.1. The molecule has 0 radical (unpaired) electrons. The predicted molar refractivity (Wildman–Crippen MR) is 158 cm³/mol. The number of aliphatic carboxylic acids is 1. The number of carbonyl (C=O) groups is 3. The topological polar surface area (TPSA) is 181 Å². The van der Waals surface area contributed by atoms with E-state index in [0.29, 0.717) is 13.0 Å². The first-order valence-corrected chi connectivity index (χ1v) is 16.4. The Kier molecular flexibility index (Phi) is 19.7. The summed E-state index contributed by atoms with van der Waals surface area (Å²) >= 11 is 0. The fraction of sp³-hybridized carbons (Fsp3) is 0.690. The van der Waals surface area contributed by atoms with E-state index in [1.807, 2.05) is 24.3 Å². The third-order valence-corrected chi connectivity index (χ3v) is 7.33. The van der Waals surface area contributed by atoms with Gasteiger partial charge in [0.1, 0.15) is 5.75 Å². The lowest BCUT2D eigenvalue weighted by Crippen LogP contribution is -2.43. The van der Waals surface area contributed by atoms with Gasteiger partial charge in [0, 0.05) is 19.4 Å². The van der Waals surface area contributed by atoms with Crippen LogP contribution in [0.1, 0.15) is 90.0 Å². The summed E-state index contributed by atoms with van der Waals surface area (Å²) in [5.41, 5.74) is 0.937. The Hall–Kier alpha value is -2.50. The fourth-order valence-corrected chi connectivity index (χ4v) is 4.66. The fourth-order valence-electron chi connectivity index (χ4n) is 3.89. The van der Waals surface area contributed by atoms with Crippen LogP contribution in [-0.4, -0.2) is 71.4 Å². The molecule has 0 aliphatic carbocycles. The summed E-state index contributed by atoms with van der Waals surface area (Å²) in [5, 5.41) is 23.7. The van der Waals surface area contributed by atoms with Crippen molar-refractivity contribution in [3.05, 3.63) is 29.8 Å². The maximum absolute atomic E-state index is 12.2. The average Bonchev–Trinajstić information content (AvgIpc) is 2.97. The van der Waals surface area contributed by atoms with Gasteiger partial charge in [-0.15, -0.1) is 0 Å². The van der Waals surface area contributed by atoms with Crippen LogP contribution < -0.4 is 15.4 Å². The highest BCUT2D eigenvalue weighted by Gasteiger charge is 2.28. The molecule has 0 saturated carbocycles.